The molecule has 1 heterocycles. The van der Waals surface area contributed by atoms with Crippen molar-refractivity contribution in [2.75, 3.05) is 0 Å². The van der Waals surface area contributed by atoms with Crippen LogP contribution in [0.5, 0.6) is 0 Å². The van der Waals surface area contributed by atoms with Crippen molar-refractivity contribution in [3.05, 3.63) is 70.4 Å². The molecule has 1 aromatic heterocycles. The third-order valence-corrected chi connectivity index (χ3v) is 5.67. The normalized spacial score (nSPS) is 16.0. The van der Waals surface area contributed by atoms with E-state index in [0.29, 0.717) is 24.4 Å². The minimum Gasteiger partial charge on any atom is -0.480 e. The molecule has 0 fully saturated rings. The highest BCUT2D eigenvalue weighted by molar-refractivity contribution is 6.30. The number of aromatic nitrogens is 1. The van der Waals surface area contributed by atoms with Gasteiger partial charge in [0.1, 0.15) is 6.54 Å². The third-order valence-electron chi connectivity index (χ3n) is 5.42. The summed E-state index contributed by atoms with van der Waals surface area (Å²) in [6.07, 6.45) is 2.06. The molecule has 0 saturated heterocycles. The quantitative estimate of drug-likeness (QED) is 0.689. The number of halogens is 1. The maximum atomic E-state index is 12.7. The van der Waals surface area contributed by atoms with Gasteiger partial charge in [-0.2, -0.15) is 0 Å². The first-order valence-corrected chi connectivity index (χ1v) is 9.73. The van der Waals surface area contributed by atoms with Gasteiger partial charge in [0, 0.05) is 34.1 Å². The topological polar surface area (TPSA) is 71.3 Å². The largest absolute Gasteiger partial charge is 0.480 e. The van der Waals surface area contributed by atoms with Crippen molar-refractivity contribution in [3.8, 4) is 0 Å². The van der Waals surface area contributed by atoms with Crippen molar-refractivity contribution in [1.82, 2.24) is 9.88 Å². The first-order valence-electron chi connectivity index (χ1n) is 9.36. The fourth-order valence-corrected chi connectivity index (χ4v) is 4.20. The monoisotopic (exact) mass is 396 g/mol. The highest BCUT2D eigenvalue weighted by Gasteiger charge is 2.29. The van der Waals surface area contributed by atoms with E-state index in [1.807, 2.05) is 53.1 Å². The Kier molecular flexibility index (Phi) is 5.09. The Morgan fingerprint density at radius 2 is 1.89 bits per heavy atom. The summed E-state index contributed by atoms with van der Waals surface area (Å²) >= 11 is 5.90. The predicted octanol–water partition coefficient (Wildman–Crippen LogP) is 3.80. The molecule has 0 spiro atoms. The van der Waals surface area contributed by atoms with E-state index >= 15 is 0 Å². The number of aliphatic carboxylic acids is 1. The number of hydrogen-bond acceptors (Lipinski definition) is 2. The standard InChI is InChI=1S/C22H21ClN2O3/c23-16-8-5-14(6-9-16)12-24-22(28)15-7-10-20-18(11-15)17-3-1-2-4-19(17)25(20)13-21(26)27/h1-6,8-9,15H,7,10-13H2,(H,24,28)(H,26,27)/t15-/m0/s1. The average molecular weight is 397 g/mol. The van der Waals surface area contributed by atoms with Gasteiger partial charge in [-0.1, -0.05) is 41.9 Å². The molecule has 1 atom stereocenters. The number of nitrogens with zero attached hydrogens (tertiary/aromatic N) is 1. The van der Waals surface area contributed by atoms with Gasteiger partial charge in [-0.15, -0.1) is 0 Å². The minimum absolute atomic E-state index is 0.0377. The number of rotatable bonds is 5. The van der Waals surface area contributed by atoms with E-state index in [2.05, 4.69) is 5.32 Å². The molecule has 0 unspecified atom stereocenters. The molecule has 144 valence electrons. The van der Waals surface area contributed by atoms with Gasteiger partial charge in [0.15, 0.2) is 0 Å². The van der Waals surface area contributed by atoms with Gasteiger partial charge in [-0.25, -0.2) is 0 Å². The Balaban J connectivity index is 1.53. The van der Waals surface area contributed by atoms with E-state index in [1.54, 1.807) is 0 Å². The molecule has 2 aromatic carbocycles. The van der Waals surface area contributed by atoms with Gasteiger partial charge in [0.05, 0.1) is 0 Å². The number of carboxylic acids is 1. The Bertz CT molecular complexity index is 1040. The fourth-order valence-electron chi connectivity index (χ4n) is 4.08. The average Bonchev–Trinajstić information content (AvgIpc) is 3.00. The molecule has 0 radical (unpaired) electrons. The maximum absolute atomic E-state index is 12.7. The molecule has 0 bridgehead atoms. The zero-order valence-corrected chi connectivity index (χ0v) is 16.1. The summed E-state index contributed by atoms with van der Waals surface area (Å²) in [4.78, 5) is 24.0. The van der Waals surface area contributed by atoms with E-state index in [0.717, 1.165) is 34.1 Å². The van der Waals surface area contributed by atoms with Crippen molar-refractivity contribution < 1.29 is 14.7 Å². The van der Waals surface area contributed by atoms with Crippen LogP contribution in [-0.2, 0) is 35.5 Å². The van der Waals surface area contributed by atoms with Gasteiger partial charge in [0.2, 0.25) is 5.91 Å². The number of benzene rings is 2. The molecular weight excluding hydrogens is 376 g/mol. The van der Waals surface area contributed by atoms with Crippen LogP contribution < -0.4 is 5.32 Å². The number of fused-ring (bicyclic) bond motifs is 3. The van der Waals surface area contributed by atoms with E-state index in [1.165, 1.54) is 0 Å². The van der Waals surface area contributed by atoms with E-state index in [-0.39, 0.29) is 18.4 Å². The second-order valence-electron chi connectivity index (χ2n) is 7.21. The highest BCUT2D eigenvalue weighted by atomic mass is 35.5. The lowest BCUT2D eigenvalue weighted by molar-refractivity contribution is -0.137. The number of carbonyl (C=O) groups is 2. The van der Waals surface area contributed by atoms with Crippen LogP contribution in [0.4, 0.5) is 0 Å². The molecule has 5 nitrogen and oxygen atoms in total. The van der Waals surface area contributed by atoms with Crippen molar-refractivity contribution in [2.24, 2.45) is 5.92 Å². The van der Waals surface area contributed by atoms with Crippen LogP contribution in [-0.4, -0.2) is 21.6 Å². The third kappa shape index (κ3) is 3.62. The first-order chi connectivity index (χ1) is 13.5. The number of carboxylic acid groups (broad SMARTS) is 1. The molecule has 3 aromatic rings. The summed E-state index contributed by atoms with van der Waals surface area (Å²) in [6.45, 7) is 0.420. The van der Waals surface area contributed by atoms with Crippen LogP contribution in [0.25, 0.3) is 10.9 Å². The zero-order valence-electron chi connectivity index (χ0n) is 15.3. The van der Waals surface area contributed by atoms with Gasteiger partial charge >= 0.3 is 5.97 Å². The second-order valence-corrected chi connectivity index (χ2v) is 7.64. The summed E-state index contributed by atoms with van der Waals surface area (Å²) in [5, 5.41) is 14.0. The number of carbonyl (C=O) groups excluding carboxylic acids is 1. The van der Waals surface area contributed by atoms with Gasteiger partial charge in [-0.3, -0.25) is 9.59 Å². The lowest BCUT2D eigenvalue weighted by Crippen LogP contribution is -2.34. The zero-order chi connectivity index (χ0) is 19.7. The minimum atomic E-state index is -0.855. The summed E-state index contributed by atoms with van der Waals surface area (Å²) in [6, 6.07) is 15.3. The van der Waals surface area contributed by atoms with Crippen molar-refractivity contribution in [2.45, 2.75) is 32.4 Å². The lowest BCUT2D eigenvalue weighted by atomic mass is 9.85. The molecule has 6 heteroatoms. The van der Waals surface area contributed by atoms with E-state index in [9.17, 15) is 14.7 Å². The fraction of sp³-hybridized carbons (Fsp3) is 0.273. The lowest BCUT2D eigenvalue weighted by Gasteiger charge is -2.23. The van der Waals surface area contributed by atoms with Crippen LogP contribution in [0, 0.1) is 5.92 Å². The number of nitrogens with one attached hydrogen (secondary N) is 1. The Labute approximate surface area is 167 Å². The van der Waals surface area contributed by atoms with Crippen LogP contribution in [0.15, 0.2) is 48.5 Å². The molecule has 1 amide bonds. The Morgan fingerprint density at radius 3 is 2.64 bits per heavy atom. The summed E-state index contributed by atoms with van der Waals surface area (Å²) in [5.74, 6) is -0.925. The van der Waals surface area contributed by atoms with E-state index in [4.69, 9.17) is 11.6 Å². The molecule has 1 aliphatic carbocycles. The van der Waals surface area contributed by atoms with Crippen LogP contribution in [0.3, 0.4) is 0 Å². The smallest absolute Gasteiger partial charge is 0.323 e. The molecule has 1 aliphatic rings. The van der Waals surface area contributed by atoms with E-state index < -0.39 is 5.97 Å². The van der Waals surface area contributed by atoms with Gasteiger partial charge in [0.25, 0.3) is 0 Å². The van der Waals surface area contributed by atoms with Crippen LogP contribution >= 0.6 is 11.6 Å². The van der Waals surface area contributed by atoms with Gasteiger partial charge in [-0.05, 0) is 48.6 Å². The number of amides is 1. The van der Waals surface area contributed by atoms with Crippen molar-refractivity contribution >= 4 is 34.4 Å². The molecule has 4 rings (SSSR count). The Morgan fingerprint density at radius 1 is 1.14 bits per heavy atom. The molecular formula is C22H21ClN2O3. The summed E-state index contributed by atoms with van der Waals surface area (Å²) in [5.41, 5.74) is 4.09. The number of hydrogen-bond donors (Lipinski definition) is 2. The van der Waals surface area contributed by atoms with Crippen LogP contribution in [0.1, 0.15) is 23.2 Å². The van der Waals surface area contributed by atoms with Gasteiger partial charge < -0.3 is 15.0 Å². The first kappa shape index (κ1) is 18.6. The molecule has 2 N–H and O–H groups in total. The molecule has 0 saturated carbocycles. The maximum Gasteiger partial charge on any atom is 0.323 e. The summed E-state index contributed by atoms with van der Waals surface area (Å²) in [7, 11) is 0. The molecule has 0 aliphatic heterocycles. The summed E-state index contributed by atoms with van der Waals surface area (Å²) < 4.78 is 1.88. The predicted molar refractivity (Wildman–Crippen MR) is 108 cm³/mol. The van der Waals surface area contributed by atoms with Crippen molar-refractivity contribution in [1.29, 1.82) is 0 Å². The number of para-hydroxylation sites is 1. The van der Waals surface area contributed by atoms with Crippen LogP contribution in [0.2, 0.25) is 5.02 Å². The van der Waals surface area contributed by atoms with Crippen molar-refractivity contribution in [3.63, 3.8) is 0 Å². The molecule has 28 heavy (non-hydrogen) atoms. The Hall–Kier alpha value is -2.79. The second kappa shape index (κ2) is 7.68. The highest BCUT2D eigenvalue weighted by Crippen LogP contribution is 2.34. The SMILES string of the molecule is O=C(O)Cn1c2c(c3ccccc31)C[C@@H](C(=O)NCc1ccc(Cl)cc1)CC2.